The molecular weight excluding hydrogens is 2010 g/mol. The number of nitrogens with one attached hydrogen (secondary N) is 6. The summed E-state index contributed by atoms with van der Waals surface area (Å²) in [6.45, 7) is 53.4. The van der Waals surface area contributed by atoms with Gasteiger partial charge in [0.2, 0.25) is 17.1 Å². The van der Waals surface area contributed by atoms with Gasteiger partial charge in [-0.1, -0.05) is 43.3 Å². The molecule has 3 aliphatic rings. The van der Waals surface area contributed by atoms with Crippen LogP contribution in [0.2, 0.25) is 0 Å². The molecule has 3 heterocycles. The highest BCUT2D eigenvalue weighted by Crippen LogP contribution is 2.34. The largest absolute Gasteiger partial charge is 0.479 e. The number of Topliss-reactive ketones (excluding diaryl/α,β-unsaturated/α-hetero) is 2. The first kappa shape index (κ1) is 164. The van der Waals surface area contributed by atoms with Crippen LogP contribution in [0.3, 0.4) is 0 Å². The molecule has 0 spiro atoms. The maximum Gasteiger partial charge on any atom is 0.427 e. The van der Waals surface area contributed by atoms with E-state index < -0.39 is 124 Å². The molecule has 3 aliphatic heterocycles. The predicted molar refractivity (Wildman–Crippen MR) is 571 cm³/mol. The number of rotatable bonds is 16. The normalized spacial score (nSPS) is 15.9. The number of aldehydes is 1. The zero-order valence-corrected chi connectivity index (χ0v) is 93.7. The van der Waals surface area contributed by atoms with Crippen molar-refractivity contribution in [3.8, 4) is 169 Å². The highest BCUT2D eigenvalue weighted by molar-refractivity contribution is 8.13. The lowest BCUT2D eigenvalue weighted by atomic mass is 9.93. The van der Waals surface area contributed by atoms with E-state index in [1.165, 1.54) is 7.11 Å². The van der Waals surface area contributed by atoms with Crippen molar-refractivity contribution in [2.24, 2.45) is 28.5 Å². The average molecular weight is 2170 g/mol. The number of carboxylic acids is 1. The van der Waals surface area contributed by atoms with Crippen molar-refractivity contribution < 1.29 is 151 Å². The first-order chi connectivity index (χ1) is 67.6. The lowest BCUT2D eigenvalue weighted by Crippen LogP contribution is -2.53. The van der Waals surface area contributed by atoms with Crippen LogP contribution < -0.4 is 37.6 Å². The minimum absolute atomic E-state index is 0. The number of alkyl halides is 9. The maximum absolute atomic E-state index is 12.3. The minimum Gasteiger partial charge on any atom is -0.479 e. The third kappa shape index (κ3) is 104. The summed E-state index contributed by atoms with van der Waals surface area (Å²) in [6, 6.07) is -0.0735. The van der Waals surface area contributed by atoms with Crippen LogP contribution in [0.25, 0.3) is 0 Å². The van der Waals surface area contributed by atoms with Crippen LogP contribution in [0.4, 0.5) is 53.9 Å². The van der Waals surface area contributed by atoms with Crippen LogP contribution in [-0.2, 0) is 76.3 Å². The number of carboxylic acid groups (broad SMARTS) is 1. The number of nitrogens with two attached hydrogens (primary N) is 1. The molecule has 2 fully saturated rings. The van der Waals surface area contributed by atoms with Gasteiger partial charge < -0.3 is 96.0 Å². The van der Waals surface area contributed by atoms with Crippen LogP contribution in [-0.4, -0.2) is 241 Å². The van der Waals surface area contributed by atoms with Crippen LogP contribution in [0.1, 0.15) is 274 Å². The zero-order valence-electron chi connectivity index (χ0n) is 92.1. The fraction of sp³-hybridized carbons (Fsp3) is 0.611. The van der Waals surface area contributed by atoms with E-state index in [-0.39, 0.29) is 99.0 Å². The van der Waals surface area contributed by atoms with Crippen molar-refractivity contribution in [3.63, 3.8) is 0 Å². The van der Waals surface area contributed by atoms with Crippen LogP contribution in [0.15, 0.2) is 4.99 Å². The van der Waals surface area contributed by atoms with Gasteiger partial charge in [0.15, 0.2) is 11.6 Å². The van der Waals surface area contributed by atoms with Crippen molar-refractivity contribution in [1.82, 2.24) is 31.9 Å². The summed E-state index contributed by atoms with van der Waals surface area (Å²) in [5, 5.41) is 50.3. The molecule has 0 aromatic rings. The van der Waals surface area contributed by atoms with Gasteiger partial charge in [0.05, 0.1) is 60.6 Å². The van der Waals surface area contributed by atoms with Crippen LogP contribution >= 0.6 is 24.0 Å². The summed E-state index contributed by atoms with van der Waals surface area (Å²) in [5.74, 6) is 44.3. The topological polar surface area (TPSA) is 461 Å². The number of aliphatic carboxylic acids is 1. The fourth-order valence-corrected chi connectivity index (χ4v) is 9.48. The second kappa shape index (κ2) is 86.4. The highest BCUT2D eigenvalue weighted by atomic mass is 32.2. The van der Waals surface area contributed by atoms with Gasteiger partial charge in [-0.15, -0.1) is 74.5 Å². The predicted octanol–water partition coefficient (Wildman–Crippen LogP) is 14.7. The summed E-state index contributed by atoms with van der Waals surface area (Å²) in [6.07, 6.45) is 20.8. The molecule has 0 radical (unpaired) electrons. The van der Waals surface area contributed by atoms with Crippen molar-refractivity contribution in [2.75, 3.05) is 39.5 Å². The number of hydrogen-bond donors (Lipinski definition) is 11. The van der Waals surface area contributed by atoms with E-state index in [0.29, 0.717) is 39.5 Å². The molecule has 42 heteroatoms. The number of carbonyl (C=O) groups is 12. The van der Waals surface area contributed by atoms with Gasteiger partial charge in [0.1, 0.15) is 39.9 Å². The fourth-order valence-electron chi connectivity index (χ4n) is 8.43. The molecule has 12 N–H and O–H groups in total. The average Bonchev–Trinajstić information content (AvgIpc) is 0.822. The molecule has 4 amide bonds. The number of aliphatic imine (C=N–C) groups is 1. The lowest BCUT2D eigenvalue weighted by molar-refractivity contribution is -0.253. The number of alkyl carbamates (subject to hydrolysis) is 3. The van der Waals surface area contributed by atoms with Crippen molar-refractivity contribution >= 4 is 106 Å². The monoisotopic (exact) mass is 2170 g/mol. The number of nitrogens with zero attached hydrogens (tertiary/aromatic N) is 1. The SMILES string of the molecule is C.C#C.C#CC.C#CC#CC.C#CC#CC#C.C#CC#CC#CC.CC#CC.CC#CC#CC#CC.CC(C)(C)OC(=O)NCC(=O)[C@@](C)(O)C(F)(F)F.COC(=O)CNC[C@H](C)NC(=O)OC(C)(C)C.CSC1=N[C@@H](C)CC(C(=O)OC(C)(C)C)C1.C[C@@H](C=O)NC(=O)OC(C)(C)C.C[C@@](O)(C(=O)CN)C(F)(F)F.C[C@@](O)(C(=O)O)C(F)(F)F.C[C@H]1CC(C(=O)OC(C)(C)C)CC(=O)N1.C[C@H]1CC(C(=O)OC(C)(C)C)CC(=S)N1. The molecule has 2 saturated heterocycles. The van der Waals surface area contributed by atoms with E-state index in [0.717, 1.165) is 29.3 Å². The van der Waals surface area contributed by atoms with Gasteiger partial charge in [0.25, 0.3) is 5.60 Å². The first-order valence-corrected chi connectivity index (χ1v) is 46.3. The van der Waals surface area contributed by atoms with Crippen LogP contribution in [0.5, 0.6) is 0 Å². The van der Waals surface area contributed by atoms with Gasteiger partial charge in [-0.25, -0.2) is 19.2 Å². The molecule has 0 aliphatic carbocycles. The zero-order chi connectivity index (χ0) is 120. The number of hydrogen-bond acceptors (Lipinski definition) is 27. The van der Waals surface area contributed by atoms with Gasteiger partial charge in [-0.3, -0.25) is 38.6 Å². The minimum atomic E-state index is -5.13. The summed E-state index contributed by atoms with van der Waals surface area (Å²) < 4.78 is 142. The van der Waals surface area contributed by atoms with Crippen LogP contribution in [0, 0.1) is 187 Å². The Hall–Kier alpha value is -13.4. The molecule has 0 bridgehead atoms. The van der Waals surface area contributed by atoms with Crippen molar-refractivity contribution in [2.45, 2.75) is 374 Å². The van der Waals surface area contributed by atoms with Gasteiger partial charge in [-0.05, 0) is 337 Å². The Labute approximate surface area is 894 Å². The van der Waals surface area contributed by atoms with E-state index in [1.807, 2.05) is 115 Å². The summed E-state index contributed by atoms with van der Waals surface area (Å²) >= 11 is 6.73. The summed E-state index contributed by atoms with van der Waals surface area (Å²) in [5.41, 5.74) is -8.96. The van der Waals surface area contributed by atoms with E-state index in [2.05, 4.69) is 186 Å². The number of amides is 4. The number of carbonyl (C=O) groups excluding carboxylic acids is 11. The third-order valence-electron chi connectivity index (χ3n) is 15.0. The molecule has 11 atom stereocenters. The number of ketones is 2. The smallest absolute Gasteiger partial charge is 0.427 e. The van der Waals surface area contributed by atoms with E-state index >= 15 is 0 Å². The summed E-state index contributed by atoms with van der Waals surface area (Å²) in [7, 11) is 1.33. The lowest BCUT2D eigenvalue weighted by Gasteiger charge is -2.30. The van der Waals surface area contributed by atoms with Gasteiger partial charge in [0, 0.05) is 50.0 Å². The molecule has 842 valence electrons. The maximum atomic E-state index is 12.3. The second-order valence-corrected chi connectivity index (χ2v) is 37.8. The number of aliphatic hydroxyl groups is 3. The molecule has 31 nitrogen and oxygen atoms in total. The molecule has 3 unspecified atom stereocenters. The number of thioether (sulfide) groups is 1. The Morgan fingerprint density at radius 3 is 1.06 bits per heavy atom. The van der Waals surface area contributed by atoms with Crippen molar-refractivity contribution in [3.05, 3.63) is 0 Å². The van der Waals surface area contributed by atoms with E-state index in [4.69, 9.17) is 86.8 Å². The Morgan fingerprint density at radius 2 is 0.793 bits per heavy atom. The Kier molecular flexibility index (Phi) is 94.7. The van der Waals surface area contributed by atoms with Crippen molar-refractivity contribution in [1.29, 1.82) is 0 Å². The molecule has 0 saturated carbocycles. The molecule has 0 aromatic carbocycles. The Morgan fingerprint density at radius 1 is 0.480 bits per heavy atom. The quantitative estimate of drug-likeness (QED) is 0.0171. The second-order valence-electron chi connectivity index (χ2n) is 36.4. The first-order valence-electron chi connectivity index (χ1n) is 44.6. The highest BCUT2D eigenvalue weighted by Gasteiger charge is 2.57. The molecular formula is C108H157F9N8O23S2. The Balaban J connectivity index is -0.000000125. The third-order valence-corrected chi connectivity index (χ3v) is 16.1. The number of thiocarbonyl (C=S) groups is 1. The molecule has 3 rings (SSSR count). The standard InChI is InChI=1S/C12H21NO2S.C11H22N2O4.C11H19NO3.C11H19NO2S.C10H16F3NO4.C8H15NO3.C8H6.C7H4.C6H2.C5H8F3NO2.C5H4.C4H5F3O3.C4H6.C3H4.C2H2.CH4/c1-8-6-9(7-10(13-8)16-5)11(14)15-12(2,3)4;1-8(6-12-7-9(14)16-5)13-10(15)17-11(2,3)4;1-7-5-8(6-9(13)12-7)10(14)15-11(2,3)4;1-7-5-8(6-9(15)12-7)10(13)14-11(2,3)4;1-8(2,3)18-7(16)14-5-6(15)9(4,17)10(11,12)13;1-6(5-10)9-7(11)12-8(2,3)4;1-3-5-7-8-6-4-2;1-3-5-7-6-4-2;1-3-5-6-4-2;1-4(11,3(10)2-9)5(6,7)8;1-3-5-4-2;1-3(10,2(8)9)4(5,6)7;1-3-4-2;1-3-2;1-2;/h8-9H,6-7H2,1-5H3;8,12H,6-7H2,1-5H3,(H,13,15);7-8H,5-6H2,1-4H3,(H,12,13);7-8H,5-6H2,1-4H3,(H,12,15);17H,5H2,1-4H3,(H,14,16);5-6H,1-4H3,(H,9,11);1-2H3;1H,2H3;1-2H;11H,2,9H2,1H3;1H,2H3;10H,1H3,(H,8,9);1-2H3;1H,2H3;1-2H;1H4/t8-,9?;8-;2*7-,8?;9-;6-;;;;4-;;3-;;;;/m000010...1.1..../s1. The number of terminal acetylenes is 6. The number of esters is 4. The molecule has 150 heavy (non-hydrogen) atoms. The summed E-state index contributed by atoms with van der Waals surface area (Å²) in [4.78, 5) is 137. The van der Waals surface area contributed by atoms with E-state index in [9.17, 15) is 97.0 Å². The van der Waals surface area contributed by atoms with Gasteiger partial charge >= 0.3 is 66.7 Å². The number of piperidine rings is 2. The Bertz CT molecular complexity index is 4860. The van der Waals surface area contributed by atoms with E-state index in [1.54, 1.807) is 116 Å². The number of methoxy groups -OCH3 is 1. The van der Waals surface area contributed by atoms with Gasteiger partial charge in [-0.2, -0.15) is 39.5 Å². The molecule has 0 aromatic heterocycles. The number of halogens is 9. The number of ether oxygens (including phenoxy) is 7.